The Hall–Kier alpha value is -1.89. The van der Waals surface area contributed by atoms with Crippen molar-refractivity contribution in [1.82, 2.24) is 9.62 Å². The standard InChI is InChI=1S/C24H29ClN2O3S/c1-17(19-9-8-18-5-2-3-6-20(18)15-19)26-24(28)21-7-4-14-27(16-21)31(29,30)23-12-10-22(25)11-13-23/h8-13,15,17,21H,2-7,14,16H2,1H3,(H,26,28)/t17-,21+/m0/s1. The highest BCUT2D eigenvalue weighted by Crippen LogP contribution is 2.27. The number of nitrogens with one attached hydrogen (secondary N) is 1. The molecule has 4 rings (SSSR count). The lowest BCUT2D eigenvalue weighted by atomic mass is 9.89. The fourth-order valence-electron chi connectivity index (χ4n) is 4.57. The summed E-state index contributed by atoms with van der Waals surface area (Å²) >= 11 is 5.89. The minimum absolute atomic E-state index is 0.0822. The molecule has 31 heavy (non-hydrogen) atoms. The molecule has 1 heterocycles. The van der Waals surface area contributed by atoms with E-state index in [0.29, 0.717) is 24.4 Å². The summed E-state index contributed by atoms with van der Waals surface area (Å²) in [6, 6.07) is 12.6. The second-order valence-electron chi connectivity index (χ2n) is 8.62. The van der Waals surface area contributed by atoms with Gasteiger partial charge in [0.15, 0.2) is 0 Å². The normalized spacial score (nSPS) is 20.6. The van der Waals surface area contributed by atoms with Gasteiger partial charge in [-0.2, -0.15) is 4.31 Å². The number of rotatable bonds is 5. The van der Waals surface area contributed by atoms with Crippen LogP contribution in [0.15, 0.2) is 47.4 Å². The smallest absolute Gasteiger partial charge is 0.243 e. The van der Waals surface area contributed by atoms with E-state index in [1.54, 1.807) is 12.1 Å². The van der Waals surface area contributed by atoms with Gasteiger partial charge < -0.3 is 5.32 Å². The Bertz CT molecular complexity index is 1050. The molecule has 0 saturated carbocycles. The zero-order valence-electron chi connectivity index (χ0n) is 17.8. The zero-order valence-corrected chi connectivity index (χ0v) is 19.4. The van der Waals surface area contributed by atoms with Crippen molar-refractivity contribution in [3.8, 4) is 0 Å². The van der Waals surface area contributed by atoms with E-state index < -0.39 is 10.0 Å². The van der Waals surface area contributed by atoms with Gasteiger partial charge in [0.1, 0.15) is 0 Å². The molecular weight excluding hydrogens is 432 g/mol. The number of sulfonamides is 1. The molecule has 0 unspecified atom stereocenters. The molecule has 1 aliphatic carbocycles. The lowest BCUT2D eigenvalue weighted by Gasteiger charge is -2.32. The first-order chi connectivity index (χ1) is 14.8. The minimum Gasteiger partial charge on any atom is -0.349 e. The first-order valence-corrected chi connectivity index (χ1v) is 12.8. The van der Waals surface area contributed by atoms with E-state index in [4.69, 9.17) is 11.6 Å². The number of carbonyl (C=O) groups excluding carboxylic acids is 1. The van der Waals surface area contributed by atoms with Crippen LogP contribution >= 0.6 is 11.6 Å². The molecule has 0 radical (unpaired) electrons. The van der Waals surface area contributed by atoms with Crippen LogP contribution in [0.4, 0.5) is 0 Å². The molecule has 0 bridgehead atoms. The number of carbonyl (C=O) groups is 1. The molecule has 2 aromatic carbocycles. The Morgan fingerprint density at radius 2 is 1.77 bits per heavy atom. The molecule has 166 valence electrons. The van der Waals surface area contributed by atoms with Crippen LogP contribution in [0.1, 0.15) is 55.3 Å². The maximum Gasteiger partial charge on any atom is 0.243 e. The van der Waals surface area contributed by atoms with E-state index in [1.165, 1.54) is 40.4 Å². The van der Waals surface area contributed by atoms with Crippen LogP contribution < -0.4 is 5.32 Å². The van der Waals surface area contributed by atoms with Crippen LogP contribution in [0.5, 0.6) is 0 Å². The van der Waals surface area contributed by atoms with Crippen LogP contribution in [-0.2, 0) is 27.7 Å². The summed E-state index contributed by atoms with van der Waals surface area (Å²) in [6.07, 6.45) is 6.06. The number of nitrogens with zero attached hydrogens (tertiary/aromatic N) is 1. The van der Waals surface area contributed by atoms with Crippen molar-refractivity contribution in [2.45, 2.75) is 56.4 Å². The quantitative estimate of drug-likeness (QED) is 0.714. The molecule has 1 N–H and O–H groups in total. The average molecular weight is 461 g/mol. The van der Waals surface area contributed by atoms with E-state index in [-0.39, 0.29) is 29.3 Å². The van der Waals surface area contributed by atoms with Gasteiger partial charge in [-0.1, -0.05) is 29.8 Å². The van der Waals surface area contributed by atoms with Crippen LogP contribution in [0, 0.1) is 5.92 Å². The van der Waals surface area contributed by atoms with Gasteiger partial charge in [0.2, 0.25) is 15.9 Å². The molecule has 7 heteroatoms. The van der Waals surface area contributed by atoms with Gasteiger partial charge in [0.25, 0.3) is 0 Å². The van der Waals surface area contributed by atoms with Crippen molar-refractivity contribution in [2.24, 2.45) is 5.92 Å². The second kappa shape index (κ2) is 9.31. The van der Waals surface area contributed by atoms with Gasteiger partial charge in [-0.05, 0) is 86.4 Å². The summed E-state index contributed by atoms with van der Waals surface area (Å²) < 4.78 is 27.4. The number of amides is 1. The summed E-state index contributed by atoms with van der Waals surface area (Å²) in [5.74, 6) is -0.433. The van der Waals surface area contributed by atoms with Crippen molar-refractivity contribution in [3.63, 3.8) is 0 Å². The van der Waals surface area contributed by atoms with Gasteiger partial charge in [-0.25, -0.2) is 8.42 Å². The summed E-state index contributed by atoms with van der Waals surface area (Å²) in [6.45, 7) is 2.62. The lowest BCUT2D eigenvalue weighted by molar-refractivity contribution is -0.126. The summed E-state index contributed by atoms with van der Waals surface area (Å²) in [5.41, 5.74) is 3.92. The summed E-state index contributed by atoms with van der Waals surface area (Å²) in [7, 11) is -3.64. The molecule has 5 nitrogen and oxygen atoms in total. The molecular formula is C24H29ClN2O3S. The summed E-state index contributed by atoms with van der Waals surface area (Å²) in [5, 5.41) is 3.61. The number of halogens is 1. The molecule has 2 aliphatic rings. The average Bonchev–Trinajstić information content (AvgIpc) is 2.79. The summed E-state index contributed by atoms with van der Waals surface area (Å²) in [4.78, 5) is 13.2. The van der Waals surface area contributed by atoms with E-state index in [2.05, 4.69) is 23.5 Å². The van der Waals surface area contributed by atoms with Crippen LogP contribution in [-0.4, -0.2) is 31.7 Å². The third-order valence-electron chi connectivity index (χ3n) is 6.44. The van der Waals surface area contributed by atoms with Gasteiger partial charge in [-0.15, -0.1) is 0 Å². The van der Waals surface area contributed by atoms with Crippen molar-refractivity contribution >= 4 is 27.5 Å². The second-order valence-corrected chi connectivity index (χ2v) is 11.0. The number of hydrogen-bond acceptors (Lipinski definition) is 3. The molecule has 1 fully saturated rings. The van der Waals surface area contributed by atoms with Crippen molar-refractivity contribution in [2.75, 3.05) is 13.1 Å². The minimum atomic E-state index is -3.64. The Balaban J connectivity index is 1.42. The third kappa shape index (κ3) is 4.97. The number of fused-ring (bicyclic) bond motifs is 1. The highest BCUT2D eigenvalue weighted by Gasteiger charge is 2.33. The highest BCUT2D eigenvalue weighted by molar-refractivity contribution is 7.89. The zero-order chi connectivity index (χ0) is 22.0. The molecule has 1 saturated heterocycles. The SMILES string of the molecule is C[C@H](NC(=O)[C@@H]1CCCN(S(=O)(=O)c2ccc(Cl)cc2)C1)c1ccc2c(c1)CCCC2. The number of benzene rings is 2. The topological polar surface area (TPSA) is 66.5 Å². The Morgan fingerprint density at radius 3 is 2.52 bits per heavy atom. The molecule has 2 aromatic rings. The molecule has 2 atom stereocenters. The predicted octanol–water partition coefficient (Wildman–Crippen LogP) is 4.50. The number of piperidine rings is 1. The highest BCUT2D eigenvalue weighted by atomic mass is 35.5. The third-order valence-corrected chi connectivity index (χ3v) is 8.57. The number of aryl methyl sites for hydroxylation is 2. The number of hydrogen-bond donors (Lipinski definition) is 1. The maximum atomic E-state index is 13.0. The van der Waals surface area contributed by atoms with E-state index in [9.17, 15) is 13.2 Å². The largest absolute Gasteiger partial charge is 0.349 e. The Kier molecular flexibility index (Phi) is 6.70. The fraction of sp³-hybridized carbons (Fsp3) is 0.458. The van der Waals surface area contributed by atoms with Crippen LogP contribution in [0.2, 0.25) is 5.02 Å². The monoisotopic (exact) mass is 460 g/mol. The van der Waals surface area contributed by atoms with Gasteiger partial charge in [-0.3, -0.25) is 4.79 Å². The van der Waals surface area contributed by atoms with Gasteiger partial charge in [0, 0.05) is 18.1 Å². The maximum absolute atomic E-state index is 13.0. The van der Waals surface area contributed by atoms with E-state index in [0.717, 1.165) is 18.4 Å². The van der Waals surface area contributed by atoms with Crippen LogP contribution in [0.3, 0.4) is 0 Å². The van der Waals surface area contributed by atoms with Crippen molar-refractivity contribution < 1.29 is 13.2 Å². The van der Waals surface area contributed by atoms with E-state index in [1.807, 2.05) is 6.92 Å². The Labute approximate surface area is 189 Å². The van der Waals surface area contributed by atoms with Crippen LogP contribution in [0.25, 0.3) is 0 Å². The fourth-order valence-corrected chi connectivity index (χ4v) is 6.22. The van der Waals surface area contributed by atoms with E-state index >= 15 is 0 Å². The lowest BCUT2D eigenvalue weighted by Crippen LogP contribution is -2.45. The van der Waals surface area contributed by atoms with Gasteiger partial charge in [0.05, 0.1) is 16.9 Å². The van der Waals surface area contributed by atoms with Gasteiger partial charge >= 0.3 is 0 Å². The molecule has 0 spiro atoms. The van der Waals surface area contributed by atoms with Crippen molar-refractivity contribution in [1.29, 1.82) is 0 Å². The first-order valence-electron chi connectivity index (χ1n) is 11.0. The molecule has 0 aromatic heterocycles. The molecule has 1 aliphatic heterocycles. The molecule has 1 amide bonds. The first kappa shape index (κ1) is 22.3. The predicted molar refractivity (Wildman–Crippen MR) is 123 cm³/mol. The Morgan fingerprint density at radius 1 is 1.06 bits per heavy atom. The van der Waals surface area contributed by atoms with Crippen molar-refractivity contribution in [3.05, 3.63) is 64.2 Å².